The van der Waals surface area contributed by atoms with Gasteiger partial charge in [0.1, 0.15) is 0 Å². The van der Waals surface area contributed by atoms with Gasteiger partial charge < -0.3 is 68.3 Å². The summed E-state index contributed by atoms with van der Waals surface area (Å²) in [7, 11) is 0. The van der Waals surface area contributed by atoms with Gasteiger partial charge in [0.15, 0.2) is 0 Å². The van der Waals surface area contributed by atoms with Crippen LogP contribution >= 0.6 is 0 Å². The van der Waals surface area contributed by atoms with Crippen molar-refractivity contribution in [2.75, 3.05) is 132 Å². The second-order valence-electron chi connectivity index (χ2n) is 21.5. The second kappa shape index (κ2) is 62.3. The lowest BCUT2D eigenvalue weighted by Gasteiger charge is -2.16. The van der Waals surface area contributed by atoms with Crippen LogP contribution in [0.25, 0.3) is 0 Å². The maximum Gasteiger partial charge on any atom is 0.0781 e. The summed E-state index contributed by atoms with van der Waals surface area (Å²) in [6.45, 7) is 52.1. The Bertz CT molecular complexity index is 1000. The Morgan fingerprint density at radius 2 is 0.466 bits per heavy atom. The van der Waals surface area contributed by atoms with E-state index in [1.807, 2.05) is 34.6 Å². The molecule has 0 aliphatic carbocycles. The number of hydrogen-bond donors (Lipinski definition) is 2. The van der Waals surface area contributed by atoms with Gasteiger partial charge in [0.2, 0.25) is 0 Å². The molecule has 0 aromatic heterocycles. The Morgan fingerprint density at radius 3 is 0.671 bits per heavy atom. The molecule has 14 heteroatoms. The minimum Gasteiger partial charge on any atom is -0.379 e. The summed E-state index contributed by atoms with van der Waals surface area (Å²) in [6, 6.07) is 0.169. The van der Waals surface area contributed by atoms with E-state index in [1.54, 1.807) is 0 Å². The molecule has 0 aromatic carbocycles. The van der Waals surface area contributed by atoms with Crippen LogP contribution in [0.2, 0.25) is 0 Å². The van der Waals surface area contributed by atoms with Gasteiger partial charge in [-0.2, -0.15) is 0 Å². The first-order valence-electron chi connectivity index (χ1n) is 28.8. The van der Waals surface area contributed by atoms with Gasteiger partial charge in [-0.15, -0.1) is 0 Å². The average molecular weight is 1060 g/mol. The smallest absolute Gasteiger partial charge is 0.0781 e. The number of rotatable bonds is 48. The first kappa shape index (κ1) is 81.3. The third-order valence-electron chi connectivity index (χ3n) is 10.3. The van der Waals surface area contributed by atoms with Gasteiger partial charge in [0, 0.05) is 51.7 Å². The Balaban J connectivity index is -0.000000281. The monoisotopic (exact) mass is 1060 g/mol. The predicted octanol–water partition coefficient (Wildman–Crippen LogP) is 12.1. The van der Waals surface area contributed by atoms with Crippen molar-refractivity contribution in [3.8, 4) is 0 Å². The highest BCUT2D eigenvalue weighted by molar-refractivity contribution is 4.57. The predicted molar refractivity (Wildman–Crippen MR) is 308 cm³/mol. The molecule has 0 aliphatic heterocycles. The van der Waals surface area contributed by atoms with Gasteiger partial charge in [-0.3, -0.25) is 0 Å². The normalized spacial score (nSPS) is 15.5. The first-order valence-corrected chi connectivity index (χ1v) is 28.8. The molecular weight excluding hydrogens is 929 g/mol. The van der Waals surface area contributed by atoms with Crippen molar-refractivity contribution in [1.29, 1.82) is 0 Å². The minimum absolute atomic E-state index is 0. The lowest BCUT2D eigenvalue weighted by Crippen LogP contribution is -2.26. The standard InChI is InChI=1S/C17H36O3.C15H32O3.C14H31NO3.C12H27NO3.CH4/c1-6-8-15(3)12-18-10-11-20-17(5)14-19-13-16(4)9-7-2;1-6-7-14(4)11-17-12-15(5)18-9-8-16-10-13(2)3;1-5-6-12(2)9-16-7-8-18-14(4)11-17-10-13(3)15;1-10(2)7-14-5-6-16-12(4)9-15-8-11(3)13;/h15-17H,6-14H2,1-5H3;13-15H,6-12H2,1-5H3;12-14H,5-11,15H2,1-4H3;10-12H,5-9,13H2,1-4H3;1H4. The van der Waals surface area contributed by atoms with Gasteiger partial charge in [0.05, 0.1) is 117 Å². The summed E-state index contributed by atoms with van der Waals surface area (Å²) in [5.41, 5.74) is 11.1. The van der Waals surface area contributed by atoms with Crippen molar-refractivity contribution < 1.29 is 56.8 Å². The van der Waals surface area contributed by atoms with Crippen molar-refractivity contribution in [2.24, 2.45) is 47.0 Å². The van der Waals surface area contributed by atoms with E-state index in [0.29, 0.717) is 128 Å². The molecule has 14 nitrogen and oxygen atoms in total. The Labute approximate surface area is 454 Å². The lowest BCUT2D eigenvalue weighted by molar-refractivity contribution is -0.0380. The van der Waals surface area contributed by atoms with E-state index in [-0.39, 0.29) is 43.9 Å². The number of hydrogen-bond acceptors (Lipinski definition) is 14. The van der Waals surface area contributed by atoms with Crippen molar-refractivity contribution in [3.05, 3.63) is 0 Å². The molecule has 0 saturated heterocycles. The van der Waals surface area contributed by atoms with E-state index in [9.17, 15) is 0 Å². The molecule has 0 spiro atoms. The molecule has 0 saturated carbocycles. The van der Waals surface area contributed by atoms with E-state index in [2.05, 4.69) is 90.0 Å². The van der Waals surface area contributed by atoms with E-state index in [0.717, 1.165) is 39.6 Å². The minimum atomic E-state index is 0. The molecule has 0 rings (SSSR count). The molecule has 0 fully saturated rings. The molecule has 0 radical (unpaired) electrons. The van der Waals surface area contributed by atoms with Crippen molar-refractivity contribution in [2.45, 2.75) is 220 Å². The van der Waals surface area contributed by atoms with E-state index < -0.39 is 0 Å². The van der Waals surface area contributed by atoms with Crippen LogP contribution in [0, 0.1) is 35.5 Å². The molecular formula is C59H130N2O12. The highest BCUT2D eigenvalue weighted by atomic mass is 16.6. The zero-order valence-electron chi connectivity index (χ0n) is 50.8. The van der Waals surface area contributed by atoms with E-state index in [4.69, 9.17) is 68.3 Å². The van der Waals surface area contributed by atoms with Gasteiger partial charge >= 0.3 is 0 Å². The first-order chi connectivity index (χ1) is 34.2. The lowest BCUT2D eigenvalue weighted by atomic mass is 10.1. The third kappa shape index (κ3) is 75.7. The molecule has 10 atom stereocenters. The fourth-order valence-electron chi connectivity index (χ4n) is 6.65. The third-order valence-corrected chi connectivity index (χ3v) is 10.3. The van der Waals surface area contributed by atoms with Crippen LogP contribution in [0.1, 0.15) is 183 Å². The van der Waals surface area contributed by atoms with E-state index in [1.165, 1.54) is 51.4 Å². The van der Waals surface area contributed by atoms with Crippen LogP contribution in [0.5, 0.6) is 0 Å². The van der Waals surface area contributed by atoms with Crippen molar-refractivity contribution >= 4 is 0 Å². The maximum absolute atomic E-state index is 5.68. The molecule has 10 unspecified atom stereocenters. The van der Waals surface area contributed by atoms with Crippen LogP contribution in [0.3, 0.4) is 0 Å². The number of ether oxygens (including phenoxy) is 12. The van der Waals surface area contributed by atoms with Crippen LogP contribution in [-0.4, -0.2) is 169 Å². The largest absolute Gasteiger partial charge is 0.379 e. The summed E-state index contributed by atoms with van der Waals surface area (Å²) < 4.78 is 66.5. The summed E-state index contributed by atoms with van der Waals surface area (Å²) >= 11 is 0. The van der Waals surface area contributed by atoms with Crippen LogP contribution in [0.4, 0.5) is 0 Å². The molecule has 0 amide bonds. The fraction of sp³-hybridized carbons (Fsp3) is 1.00. The van der Waals surface area contributed by atoms with Crippen molar-refractivity contribution in [1.82, 2.24) is 0 Å². The second-order valence-corrected chi connectivity index (χ2v) is 21.5. The summed E-state index contributed by atoms with van der Waals surface area (Å²) in [4.78, 5) is 0. The summed E-state index contributed by atoms with van der Waals surface area (Å²) in [6.07, 6.45) is 10.3. The Morgan fingerprint density at radius 1 is 0.260 bits per heavy atom. The molecule has 0 aromatic rings. The number of nitrogens with two attached hydrogens (primary N) is 2. The highest BCUT2D eigenvalue weighted by Crippen LogP contribution is 2.09. The van der Waals surface area contributed by atoms with Gasteiger partial charge in [-0.1, -0.05) is 116 Å². The van der Waals surface area contributed by atoms with Crippen LogP contribution in [0.15, 0.2) is 0 Å². The molecule has 0 heterocycles. The summed E-state index contributed by atoms with van der Waals surface area (Å²) in [5.74, 6) is 3.76. The topological polar surface area (TPSA) is 163 Å². The van der Waals surface area contributed by atoms with Crippen LogP contribution in [-0.2, 0) is 56.8 Å². The summed E-state index contributed by atoms with van der Waals surface area (Å²) in [5, 5.41) is 0. The quantitative estimate of drug-likeness (QED) is 0.0553. The fourth-order valence-corrected chi connectivity index (χ4v) is 6.65. The molecule has 0 bridgehead atoms. The highest BCUT2D eigenvalue weighted by Gasteiger charge is 2.09. The van der Waals surface area contributed by atoms with Gasteiger partial charge in [0.25, 0.3) is 0 Å². The zero-order valence-corrected chi connectivity index (χ0v) is 50.8. The Hall–Kier alpha value is -0.560. The van der Waals surface area contributed by atoms with Crippen LogP contribution < -0.4 is 11.5 Å². The zero-order chi connectivity index (χ0) is 55.2. The maximum atomic E-state index is 5.68. The SMILES string of the molecule is C.CC(C)COCCOC(C)COCC(C)N.CCCC(C)COCC(C)OCCOCC(C)C.CCCC(C)COCCOC(C)COCC(C)CCC.CCCC(C)COCCOC(C)COCC(C)N. The molecule has 73 heavy (non-hydrogen) atoms. The molecule has 0 aliphatic rings. The molecule has 448 valence electrons. The van der Waals surface area contributed by atoms with E-state index >= 15 is 0 Å². The van der Waals surface area contributed by atoms with Gasteiger partial charge in [-0.05, 0) is 103 Å². The van der Waals surface area contributed by atoms with Crippen molar-refractivity contribution in [3.63, 3.8) is 0 Å². The average Bonchev–Trinajstić information content (AvgIpc) is 3.29. The van der Waals surface area contributed by atoms with Gasteiger partial charge in [-0.25, -0.2) is 0 Å². The Kier molecular flexibility index (Phi) is 69.4. The molecule has 4 N–H and O–H groups in total.